The molecule has 0 aliphatic carbocycles. The fraction of sp³-hybridized carbons (Fsp3) is 0.250. The standard InChI is InChI=1S/C28H30N4O2S/c1-3-18(2)26(32-28(35)31-25-14-8-10-19-9-4-5-11-22(19)25)27(34)30-21(17-33)15-20-16-29-24-13-7-6-12-23(20)24/h4-14,16-18,21,26,29H,3,15H2,1-2H3,(H,30,34)(H2,31,32,35)/t18-,21-,26-/m0/s1. The van der Waals surface area contributed by atoms with E-state index in [1.165, 1.54) is 0 Å². The summed E-state index contributed by atoms with van der Waals surface area (Å²) in [5.41, 5.74) is 2.86. The van der Waals surface area contributed by atoms with E-state index in [2.05, 4.69) is 20.9 Å². The number of carbonyl (C=O) groups is 2. The van der Waals surface area contributed by atoms with Crippen LogP contribution in [0.1, 0.15) is 25.8 Å². The molecule has 1 amide bonds. The minimum absolute atomic E-state index is 0.00246. The van der Waals surface area contributed by atoms with Crippen molar-refractivity contribution in [2.24, 2.45) is 5.92 Å². The number of anilines is 1. The molecule has 0 saturated carbocycles. The number of fused-ring (bicyclic) bond motifs is 2. The van der Waals surface area contributed by atoms with Gasteiger partial charge in [-0.2, -0.15) is 0 Å². The number of thiocarbonyl (C=S) groups is 1. The van der Waals surface area contributed by atoms with Gasteiger partial charge in [0.15, 0.2) is 5.11 Å². The van der Waals surface area contributed by atoms with E-state index in [1.54, 1.807) is 0 Å². The second-order valence-corrected chi connectivity index (χ2v) is 9.21. The van der Waals surface area contributed by atoms with Crippen LogP contribution in [-0.2, 0) is 16.0 Å². The molecule has 35 heavy (non-hydrogen) atoms. The molecule has 0 bridgehead atoms. The zero-order valence-corrected chi connectivity index (χ0v) is 20.7. The van der Waals surface area contributed by atoms with Crippen molar-refractivity contribution in [3.05, 3.63) is 78.5 Å². The predicted octanol–water partition coefficient (Wildman–Crippen LogP) is 4.95. The Morgan fingerprint density at radius 1 is 1.00 bits per heavy atom. The van der Waals surface area contributed by atoms with Gasteiger partial charge in [-0.15, -0.1) is 0 Å². The van der Waals surface area contributed by atoms with Crippen LogP contribution in [0.3, 0.4) is 0 Å². The smallest absolute Gasteiger partial charge is 0.243 e. The third kappa shape index (κ3) is 5.69. The van der Waals surface area contributed by atoms with E-state index >= 15 is 0 Å². The Morgan fingerprint density at radius 3 is 2.49 bits per heavy atom. The van der Waals surface area contributed by atoms with Gasteiger partial charge in [0.2, 0.25) is 5.91 Å². The Bertz CT molecular complexity index is 1340. The van der Waals surface area contributed by atoms with Crippen LogP contribution in [0, 0.1) is 5.92 Å². The number of aromatic nitrogens is 1. The molecular weight excluding hydrogens is 456 g/mol. The number of nitrogens with one attached hydrogen (secondary N) is 4. The third-order valence-corrected chi connectivity index (χ3v) is 6.65. The van der Waals surface area contributed by atoms with Crippen molar-refractivity contribution in [1.29, 1.82) is 0 Å². The number of hydrogen-bond acceptors (Lipinski definition) is 3. The summed E-state index contributed by atoms with van der Waals surface area (Å²) in [5.74, 6) is -0.249. The molecule has 1 aromatic heterocycles. The highest BCUT2D eigenvalue weighted by atomic mass is 32.1. The molecule has 6 nitrogen and oxygen atoms in total. The summed E-state index contributed by atoms with van der Waals surface area (Å²) in [6, 6.07) is 20.7. The number of carbonyl (C=O) groups excluding carboxylic acids is 2. The Hall–Kier alpha value is -3.71. The molecule has 0 aliphatic heterocycles. The molecule has 0 saturated heterocycles. The molecule has 4 rings (SSSR count). The molecule has 180 valence electrons. The van der Waals surface area contributed by atoms with Crippen LogP contribution in [0.5, 0.6) is 0 Å². The maximum Gasteiger partial charge on any atom is 0.243 e. The molecule has 0 spiro atoms. The Kier molecular flexibility index (Phi) is 7.77. The van der Waals surface area contributed by atoms with E-state index in [9.17, 15) is 9.59 Å². The monoisotopic (exact) mass is 486 g/mol. The summed E-state index contributed by atoms with van der Waals surface area (Å²) in [4.78, 5) is 28.4. The summed E-state index contributed by atoms with van der Waals surface area (Å²) in [6.45, 7) is 4.02. The lowest BCUT2D eigenvalue weighted by molar-refractivity contribution is -0.126. The summed E-state index contributed by atoms with van der Waals surface area (Å²) < 4.78 is 0. The van der Waals surface area contributed by atoms with Gasteiger partial charge in [0, 0.05) is 34.6 Å². The summed E-state index contributed by atoms with van der Waals surface area (Å²) in [6.07, 6.45) is 3.86. The van der Waals surface area contributed by atoms with Crippen molar-refractivity contribution < 1.29 is 9.59 Å². The van der Waals surface area contributed by atoms with Crippen LogP contribution < -0.4 is 16.0 Å². The number of H-pyrrole nitrogens is 1. The molecule has 0 radical (unpaired) electrons. The lowest BCUT2D eigenvalue weighted by Gasteiger charge is -2.26. The highest BCUT2D eigenvalue weighted by molar-refractivity contribution is 7.80. The largest absolute Gasteiger partial charge is 0.361 e. The number of rotatable bonds is 9. The van der Waals surface area contributed by atoms with E-state index in [1.807, 2.05) is 86.8 Å². The highest BCUT2D eigenvalue weighted by Gasteiger charge is 2.27. The first-order valence-corrected chi connectivity index (χ1v) is 12.3. The highest BCUT2D eigenvalue weighted by Crippen LogP contribution is 2.23. The first kappa shape index (κ1) is 24.4. The number of benzene rings is 3. The molecular formula is C28H30N4O2S. The van der Waals surface area contributed by atoms with E-state index in [-0.39, 0.29) is 11.8 Å². The van der Waals surface area contributed by atoms with Crippen LogP contribution in [0.4, 0.5) is 5.69 Å². The average Bonchev–Trinajstić information content (AvgIpc) is 3.29. The molecule has 3 aromatic carbocycles. The van der Waals surface area contributed by atoms with Crippen molar-refractivity contribution in [1.82, 2.24) is 15.6 Å². The van der Waals surface area contributed by atoms with Gasteiger partial charge in [-0.05, 0) is 41.2 Å². The van der Waals surface area contributed by atoms with E-state index < -0.39 is 12.1 Å². The lowest BCUT2D eigenvalue weighted by atomic mass is 9.97. The normalized spacial score (nSPS) is 13.7. The number of aromatic amines is 1. The van der Waals surface area contributed by atoms with Crippen molar-refractivity contribution in [2.45, 2.75) is 38.8 Å². The molecule has 0 fully saturated rings. The number of amides is 1. The first-order valence-electron chi connectivity index (χ1n) is 11.9. The van der Waals surface area contributed by atoms with Crippen LogP contribution in [-0.4, -0.2) is 34.4 Å². The first-order chi connectivity index (χ1) is 17.0. The molecule has 3 atom stereocenters. The van der Waals surface area contributed by atoms with E-state index in [0.717, 1.165) is 45.6 Å². The summed E-state index contributed by atoms with van der Waals surface area (Å²) >= 11 is 5.57. The Morgan fingerprint density at radius 2 is 1.71 bits per heavy atom. The number of aldehydes is 1. The van der Waals surface area contributed by atoms with Gasteiger partial charge in [0.05, 0.1) is 6.04 Å². The van der Waals surface area contributed by atoms with Crippen molar-refractivity contribution >= 4 is 56.9 Å². The van der Waals surface area contributed by atoms with Gasteiger partial charge in [0.25, 0.3) is 0 Å². The molecule has 0 unspecified atom stereocenters. The van der Waals surface area contributed by atoms with E-state index in [0.29, 0.717) is 11.5 Å². The van der Waals surface area contributed by atoms with Gasteiger partial charge < -0.3 is 25.7 Å². The number of hydrogen-bond donors (Lipinski definition) is 4. The van der Waals surface area contributed by atoms with Gasteiger partial charge in [-0.1, -0.05) is 74.9 Å². The quantitative estimate of drug-likeness (QED) is 0.199. The fourth-order valence-electron chi connectivity index (χ4n) is 4.28. The number of para-hydroxylation sites is 1. The second kappa shape index (κ2) is 11.1. The Balaban J connectivity index is 1.45. The van der Waals surface area contributed by atoms with Gasteiger partial charge in [-0.3, -0.25) is 4.79 Å². The van der Waals surface area contributed by atoms with Crippen LogP contribution in [0.2, 0.25) is 0 Å². The van der Waals surface area contributed by atoms with Gasteiger partial charge in [-0.25, -0.2) is 0 Å². The molecule has 4 N–H and O–H groups in total. The molecule has 0 aliphatic rings. The van der Waals surface area contributed by atoms with Crippen LogP contribution in [0.25, 0.3) is 21.7 Å². The lowest BCUT2D eigenvalue weighted by Crippen LogP contribution is -2.54. The Labute approximate surface area is 210 Å². The van der Waals surface area contributed by atoms with Gasteiger partial charge >= 0.3 is 0 Å². The minimum Gasteiger partial charge on any atom is -0.361 e. The maximum absolute atomic E-state index is 13.3. The van der Waals surface area contributed by atoms with Crippen LogP contribution in [0.15, 0.2) is 72.9 Å². The molecule has 4 aromatic rings. The zero-order chi connectivity index (χ0) is 24.8. The topological polar surface area (TPSA) is 86.0 Å². The minimum atomic E-state index is -0.644. The molecule has 7 heteroatoms. The summed E-state index contributed by atoms with van der Waals surface area (Å²) in [7, 11) is 0. The van der Waals surface area contributed by atoms with E-state index in [4.69, 9.17) is 12.2 Å². The van der Waals surface area contributed by atoms with Crippen LogP contribution >= 0.6 is 12.2 Å². The molecule has 1 heterocycles. The van der Waals surface area contributed by atoms with Crippen molar-refractivity contribution in [2.75, 3.05) is 5.32 Å². The van der Waals surface area contributed by atoms with Gasteiger partial charge in [0.1, 0.15) is 12.3 Å². The second-order valence-electron chi connectivity index (χ2n) is 8.80. The SMILES string of the molecule is CC[C@H](C)[C@H](NC(=S)Nc1cccc2ccccc12)C(=O)N[C@H](C=O)Cc1c[nH]c2ccccc12. The summed E-state index contributed by atoms with van der Waals surface area (Å²) in [5, 5.41) is 12.9. The third-order valence-electron chi connectivity index (χ3n) is 6.43. The fourth-order valence-corrected chi connectivity index (χ4v) is 4.52. The zero-order valence-electron chi connectivity index (χ0n) is 19.9. The van der Waals surface area contributed by atoms with Crippen molar-refractivity contribution in [3.8, 4) is 0 Å². The maximum atomic E-state index is 13.3. The predicted molar refractivity (Wildman–Crippen MR) is 147 cm³/mol. The van der Waals surface area contributed by atoms with Crippen molar-refractivity contribution in [3.63, 3.8) is 0 Å². The average molecular weight is 487 g/mol.